The maximum Gasteiger partial charge on any atom is 0.318 e. The molecule has 6 heteroatoms. The summed E-state index contributed by atoms with van der Waals surface area (Å²) in [7, 11) is 0. The van der Waals surface area contributed by atoms with Crippen molar-refractivity contribution in [2.24, 2.45) is 11.3 Å². The molecule has 4 aromatic carbocycles. The molecule has 6 nitrogen and oxygen atoms in total. The fraction of sp³-hybridized carbons (Fsp3) is 0.509. The molecule has 0 amide bonds. The fourth-order valence-corrected chi connectivity index (χ4v) is 7.79. The molecule has 59 heavy (non-hydrogen) atoms. The van der Waals surface area contributed by atoms with Gasteiger partial charge in [-0.3, -0.25) is 9.59 Å². The van der Waals surface area contributed by atoms with Crippen LogP contribution >= 0.6 is 0 Å². The van der Waals surface area contributed by atoms with Crippen LogP contribution in [0.25, 0.3) is 11.1 Å². The van der Waals surface area contributed by atoms with Gasteiger partial charge in [0.25, 0.3) is 0 Å². The van der Waals surface area contributed by atoms with E-state index in [-0.39, 0.29) is 17.5 Å². The van der Waals surface area contributed by atoms with Crippen LogP contribution in [0.3, 0.4) is 0 Å². The molecule has 0 bridgehead atoms. The van der Waals surface area contributed by atoms with Gasteiger partial charge in [0.15, 0.2) is 0 Å². The Morgan fingerprint density at radius 1 is 0.542 bits per heavy atom. The van der Waals surface area contributed by atoms with Gasteiger partial charge in [0.2, 0.25) is 0 Å². The summed E-state index contributed by atoms with van der Waals surface area (Å²) in [6.45, 7) is 22.8. The maximum atomic E-state index is 13.8. The molecule has 4 aromatic rings. The van der Waals surface area contributed by atoms with Crippen molar-refractivity contribution in [3.63, 3.8) is 0 Å². The minimum Gasteiger partial charge on any atom is -0.488 e. The van der Waals surface area contributed by atoms with Crippen molar-refractivity contribution >= 4 is 11.9 Å². The molecule has 0 saturated carbocycles. The van der Waals surface area contributed by atoms with E-state index in [0.717, 1.165) is 91.5 Å². The lowest BCUT2D eigenvalue weighted by Crippen LogP contribution is -2.48. The number of carbonyl (C=O) groups is 2. The summed E-state index contributed by atoms with van der Waals surface area (Å²) in [4.78, 5) is 26.6. The summed E-state index contributed by atoms with van der Waals surface area (Å²) in [6, 6.07) is 28.6. The third-order valence-electron chi connectivity index (χ3n) is 13.1. The predicted molar refractivity (Wildman–Crippen MR) is 243 cm³/mol. The second kappa shape index (κ2) is 21.6. The molecule has 1 atom stereocenters. The minimum absolute atomic E-state index is 0.150. The zero-order chi connectivity index (χ0) is 43.2. The topological polar surface area (TPSA) is 71.1 Å². The van der Waals surface area contributed by atoms with E-state index in [2.05, 4.69) is 84.0 Å². The van der Waals surface area contributed by atoms with Crippen LogP contribution in [-0.2, 0) is 22.4 Å². The van der Waals surface area contributed by atoms with Crippen LogP contribution < -0.4 is 18.9 Å². The Hall–Kier alpha value is -4.58. The molecule has 0 N–H and O–H groups in total. The number of unbranched alkanes of at least 4 members (excludes halogenated alkanes) is 2. The molecular formula is C53H72O6. The average molecular weight is 805 g/mol. The molecule has 0 saturated heterocycles. The van der Waals surface area contributed by atoms with Gasteiger partial charge >= 0.3 is 11.9 Å². The molecule has 0 aliphatic heterocycles. The maximum absolute atomic E-state index is 13.8. The van der Waals surface area contributed by atoms with E-state index in [0.29, 0.717) is 30.8 Å². The largest absolute Gasteiger partial charge is 0.488 e. The predicted octanol–water partition coefficient (Wildman–Crippen LogP) is 14.2. The van der Waals surface area contributed by atoms with Crippen molar-refractivity contribution in [1.82, 2.24) is 0 Å². The highest BCUT2D eigenvalue weighted by Crippen LogP contribution is 2.37. The van der Waals surface area contributed by atoms with E-state index >= 15 is 0 Å². The van der Waals surface area contributed by atoms with Crippen molar-refractivity contribution in [1.29, 1.82) is 0 Å². The van der Waals surface area contributed by atoms with Crippen LogP contribution in [0.4, 0.5) is 0 Å². The highest BCUT2D eigenvalue weighted by Gasteiger charge is 2.43. The van der Waals surface area contributed by atoms with Gasteiger partial charge in [-0.15, -0.1) is 0 Å². The first kappa shape index (κ1) is 47.1. The quantitative estimate of drug-likeness (QED) is 0.0422. The minimum atomic E-state index is -0.697. The van der Waals surface area contributed by atoms with Crippen molar-refractivity contribution < 1.29 is 28.5 Å². The molecule has 0 heterocycles. The van der Waals surface area contributed by atoms with Crippen LogP contribution in [-0.4, -0.2) is 23.1 Å². The normalized spacial score (nSPS) is 12.5. The number of carbonyl (C=O) groups excluding carboxylic acids is 2. The average Bonchev–Trinajstić information content (AvgIpc) is 3.25. The third kappa shape index (κ3) is 12.2. The molecule has 0 spiro atoms. The van der Waals surface area contributed by atoms with Gasteiger partial charge in [-0.1, -0.05) is 103 Å². The van der Waals surface area contributed by atoms with Crippen LogP contribution in [0.15, 0.2) is 84.9 Å². The lowest BCUT2D eigenvalue weighted by Gasteiger charge is -2.38. The van der Waals surface area contributed by atoms with Crippen LogP contribution in [0.5, 0.6) is 23.0 Å². The highest BCUT2D eigenvalue weighted by molar-refractivity contribution is 5.79. The first-order valence-corrected chi connectivity index (χ1v) is 22.4. The summed E-state index contributed by atoms with van der Waals surface area (Å²) < 4.78 is 24.9. The number of ether oxygens (including phenoxy) is 4. The molecule has 0 aliphatic carbocycles. The Morgan fingerprint density at radius 2 is 1.03 bits per heavy atom. The summed E-state index contributed by atoms with van der Waals surface area (Å²) in [5, 5.41) is 0. The van der Waals surface area contributed by atoms with Crippen LogP contribution in [0, 0.1) is 25.2 Å². The Labute approximate surface area is 356 Å². The summed E-state index contributed by atoms with van der Waals surface area (Å²) in [6.07, 6.45) is 10.7. The Bertz CT molecular complexity index is 1930. The van der Waals surface area contributed by atoms with Crippen molar-refractivity contribution in [2.45, 2.75) is 164 Å². The van der Waals surface area contributed by atoms with Crippen LogP contribution in [0.2, 0.25) is 0 Å². The zero-order valence-electron chi connectivity index (χ0n) is 38.1. The Morgan fingerprint density at radius 3 is 1.47 bits per heavy atom. The van der Waals surface area contributed by atoms with Crippen LogP contribution in [0.1, 0.15) is 149 Å². The molecule has 0 aliphatic rings. The Balaban J connectivity index is 1.30. The molecular weight excluding hydrogens is 733 g/mol. The smallest absolute Gasteiger partial charge is 0.318 e. The zero-order valence-corrected chi connectivity index (χ0v) is 38.1. The number of esters is 2. The number of hydrogen-bond acceptors (Lipinski definition) is 6. The first-order valence-electron chi connectivity index (χ1n) is 22.4. The molecule has 4 rings (SSSR count). The second-order valence-corrected chi connectivity index (χ2v) is 17.0. The van der Waals surface area contributed by atoms with Crippen molar-refractivity contribution in [3.05, 3.63) is 107 Å². The Kier molecular flexibility index (Phi) is 17.3. The van der Waals surface area contributed by atoms with Gasteiger partial charge in [-0.25, -0.2) is 0 Å². The number of benzene rings is 4. The number of rotatable bonds is 23. The van der Waals surface area contributed by atoms with Gasteiger partial charge in [0.1, 0.15) is 34.2 Å². The lowest BCUT2D eigenvalue weighted by molar-refractivity contribution is -0.148. The summed E-state index contributed by atoms with van der Waals surface area (Å²) >= 11 is 0. The van der Waals surface area contributed by atoms with Gasteiger partial charge in [0, 0.05) is 0 Å². The summed E-state index contributed by atoms with van der Waals surface area (Å²) in [5.74, 6) is 2.01. The standard InChI is InChI=1S/C53H72O6/c1-12-46(49(54)56-44-30-26-42(27-31-44)43-28-32-45(33-29-43)58-52(11,15-4)16-5)53(17-6,18-7)59-48-35-25-41(37-39(48)9)23-21-19-20-22-40-24-34-47(38(8)36-40)57-50(55)51(10,13-2)14-3/h24-37,46H,12-23H2,1-11H3. The van der Waals surface area contributed by atoms with E-state index < -0.39 is 16.9 Å². The van der Waals surface area contributed by atoms with E-state index in [9.17, 15) is 9.59 Å². The fourth-order valence-electron chi connectivity index (χ4n) is 7.79. The van der Waals surface area contributed by atoms with E-state index in [1.165, 1.54) is 11.1 Å². The van der Waals surface area contributed by atoms with E-state index in [4.69, 9.17) is 18.9 Å². The molecule has 0 radical (unpaired) electrons. The SMILES string of the molecule is CCC(C(=O)Oc1ccc(-c2ccc(OC(C)(CC)CC)cc2)cc1)C(CC)(CC)Oc1ccc(CCCCCc2ccc(OC(=O)C(C)(CC)CC)c(C)c2)cc1C. The van der Waals surface area contributed by atoms with E-state index in [1.54, 1.807) is 0 Å². The third-order valence-corrected chi connectivity index (χ3v) is 13.1. The van der Waals surface area contributed by atoms with Gasteiger partial charge in [-0.05, 0) is 168 Å². The molecule has 0 fully saturated rings. The monoisotopic (exact) mass is 805 g/mol. The second-order valence-electron chi connectivity index (χ2n) is 17.0. The first-order chi connectivity index (χ1) is 28.2. The number of hydrogen-bond donors (Lipinski definition) is 0. The molecule has 320 valence electrons. The van der Waals surface area contributed by atoms with Gasteiger partial charge in [0.05, 0.1) is 11.3 Å². The molecule has 0 aromatic heterocycles. The van der Waals surface area contributed by atoms with Gasteiger partial charge < -0.3 is 18.9 Å². The highest BCUT2D eigenvalue weighted by atomic mass is 16.5. The number of aryl methyl sites for hydroxylation is 4. The summed E-state index contributed by atoms with van der Waals surface area (Å²) in [5.41, 5.74) is 5.43. The van der Waals surface area contributed by atoms with E-state index in [1.807, 2.05) is 77.1 Å². The molecule has 1 unspecified atom stereocenters. The van der Waals surface area contributed by atoms with Crippen molar-refractivity contribution in [3.8, 4) is 34.1 Å². The van der Waals surface area contributed by atoms with Gasteiger partial charge in [-0.2, -0.15) is 0 Å². The van der Waals surface area contributed by atoms with Crippen molar-refractivity contribution in [2.75, 3.05) is 0 Å². The lowest BCUT2D eigenvalue weighted by atomic mass is 9.80.